The Morgan fingerprint density at radius 3 is 2.11 bits per heavy atom. The van der Waals surface area contributed by atoms with E-state index in [1.807, 2.05) is 30.3 Å². The van der Waals surface area contributed by atoms with Crippen molar-refractivity contribution in [1.29, 1.82) is 0 Å². The van der Waals surface area contributed by atoms with Crippen molar-refractivity contribution in [2.75, 3.05) is 5.73 Å². The molecule has 2 aromatic rings. The number of benzene rings is 2. The van der Waals surface area contributed by atoms with Crippen LogP contribution in [0.4, 0.5) is 5.69 Å². The summed E-state index contributed by atoms with van der Waals surface area (Å²) in [7, 11) is 0. The van der Waals surface area contributed by atoms with Crippen LogP contribution in [0.3, 0.4) is 0 Å². The summed E-state index contributed by atoms with van der Waals surface area (Å²) in [6, 6.07) is 16.2. The molecule has 2 rings (SSSR count). The number of rotatable bonds is 2. The van der Waals surface area contributed by atoms with E-state index in [-0.39, 0.29) is 5.56 Å². The van der Waals surface area contributed by atoms with Gasteiger partial charge in [-0.2, -0.15) is 0 Å². The average molecular weight is 244 g/mol. The van der Waals surface area contributed by atoms with E-state index >= 15 is 0 Å². The first-order valence-corrected chi connectivity index (χ1v) is 5.46. The van der Waals surface area contributed by atoms with E-state index < -0.39 is 5.97 Å². The highest BCUT2D eigenvalue weighted by Crippen LogP contribution is 2.05. The maximum absolute atomic E-state index is 10.3. The second-order valence-electron chi connectivity index (χ2n) is 3.62. The molecular weight excluding hydrogens is 228 g/mol. The van der Waals surface area contributed by atoms with Crippen LogP contribution >= 0.6 is 0 Å². The van der Waals surface area contributed by atoms with E-state index in [2.05, 4.69) is 0 Å². The summed E-state index contributed by atoms with van der Waals surface area (Å²) in [5.74, 6) is -0.952. The second kappa shape index (κ2) is 7.09. The second-order valence-corrected chi connectivity index (χ2v) is 3.62. The number of carboxylic acids is 1. The summed E-state index contributed by atoms with van der Waals surface area (Å²) in [4.78, 5) is 10.3. The summed E-state index contributed by atoms with van der Waals surface area (Å²) >= 11 is 0. The molecule has 0 amide bonds. The zero-order chi connectivity index (χ0) is 13.4. The van der Waals surface area contributed by atoms with Crippen molar-refractivity contribution in [3.8, 4) is 0 Å². The molecule has 0 fully saturated rings. The van der Waals surface area contributed by atoms with Crippen molar-refractivity contribution >= 4 is 11.7 Å². The van der Waals surface area contributed by atoms with Crippen LogP contribution in [-0.2, 0) is 6.54 Å². The van der Waals surface area contributed by atoms with E-state index in [1.165, 1.54) is 17.7 Å². The lowest BCUT2D eigenvalue weighted by molar-refractivity contribution is 0.0697. The number of carboxylic acid groups (broad SMARTS) is 1. The number of nitrogen functional groups attached to an aromatic ring is 1. The first-order chi connectivity index (χ1) is 8.63. The van der Waals surface area contributed by atoms with Gasteiger partial charge in [-0.15, -0.1) is 0 Å². The van der Waals surface area contributed by atoms with Gasteiger partial charge in [-0.05, 0) is 23.8 Å². The number of hydrogen-bond acceptors (Lipinski definition) is 3. The van der Waals surface area contributed by atoms with Gasteiger partial charge in [0, 0.05) is 12.2 Å². The molecule has 4 heteroatoms. The van der Waals surface area contributed by atoms with Crippen LogP contribution in [0.1, 0.15) is 15.9 Å². The predicted molar refractivity (Wildman–Crippen MR) is 72.1 cm³/mol. The fourth-order valence-corrected chi connectivity index (χ4v) is 1.29. The molecule has 0 radical (unpaired) electrons. The molecule has 0 unspecified atom stereocenters. The number of aromatic carboxylic acids is 1. The zero-order valence-electron chi connectivity index (χ0n) is 9.91. The Morgan fingerprint density at radius 2 is 1.72 bits per heavy atom. The molecule has 0 saturated heterocycles. The van der Waals surface area contributed by atoms with Crippen molar-refractivity contribution in [1.82, 2.24) is 0 Å². The molecular formula is C14H16N2O2. The molecule has 0 spiro atoms. The van der Waals surface area contributed by atoms with Crippen LogP contribution in [0.5, 0.6) is 0 Å². The number of anilines is 1. The summed E-state index contributed by atoms with van der Waals surface area (Å²) in [6.07, 6.45) is 0. The fraction of sp³-hybridized carbons (Fsp3) is 0.0714. The molecule has 0 saturated carbocycles. The summed E-state index contributed by atoms with van der Waals surface area (Å²) in [5.41, 5.74) is 12.6. The van der Waals surface area contributed by atoms with Gasteiger partial charge in [-0.1, -0.05) is 36.4 Å². The van der Waals surface area contributed by atoms with Crippen molar-refractivity contribution in [2.24, 2.45) is 5.73 Å². The molecule has 18 heavy (non-hydrogen) atoms. The van der Waals surface area contributed by atoms with Crippen molar-refractivity contribution in [3.63, 3.8) is 0 Å². The molecule has 0 aliphatic heterocycles. The minimum absolute atomic E-state index is 0.222. The largest absolute Gasteiger partial charge is 0.478 e. The lowest BCUT2D eigenvalue weighted by atomic mass is 10.2. The standard InChI is InChI=1S/C7H7NO2.C7H9N/c8-6-3-1-2-5(4-6)7(9)10;8-6-7-4-2-1-3-5-7/h1-4H,8H2,(H,9,10);1-5H,6,8H2. The zero-order valence-corrected chi connectivity index (χ0v) is 9.91. The topological polar surface area (TPSA) is 89.3 Å². The van der Waals surface area contributed by atoms with E-state index in [1.54, 1.807) is 12.1 Å². The first-order valence-electron chi connectivity index (χ1n) is 5.46. The van der Waals surface area contributed by atoms with Crippen LogP contribution in [0.15, 0.2) is 54.6 Å². The van der Waals surface area contributed by atoms with Crippen LogP contribution < -0.4 is 11.5 Å². The number of hydrogen-bond donors (Lipinski definition) is 3. The Bertz CT molecular complexity index is 498. The normalized spacial score (nSPS) is 9.17. The van der Waals surface area contributed by atoms with Gasteiger partial charge in [0.25, 0.3) is 0 Å². The summed E-state index contributed by atoms with van der Waals surface area (Å²) in [6.45, 7) is 0.640. The van der Waals surface area contributed by atoms with Gasteiger partial charge < -0.3 is 16.6 Å². The van der Waals surface area contributed by atoms with Gasteiger partial charge in [-0.25, -0.2) is 4.79 Å². The third-order valence-corrected chi connectivity index (χ3v) is 2.21. The van der Waals surface area contributed by atoms with E-state index in [0.717, 1.165) is 0 Å². The highest BCUT2D eigenvalue weighted by atomic mass is 16.4. The van der Waals surface area contributed by atoms with Gasteiger partial charge >= 0.3 is 5.97 Å². The minimum Gasteiger partial charge on any atom is -0.478 e. The van der Waals surface area contributed by atoms with Crippen LogP contribution in [-0.4, -0.2) is 11.1 Å². The highest BCUT2D eigenvalue weighted by Gasteiger charge is 1.99. The molecule has 0 heterocycles. The van der Waals surface area contributed by atoms with Gasteiger partial charge in [0.15, 0.2) is 0 Å². The molecule has 0 bridgehead atoms. The van der Waals surface area contributed by atoms with Gasteiger partial charge in [0.05, 0.1) is 5.56 Å². The molecule has 2 aromatic carbocycles. The van der Waals surface area contributed by atoms with Gasteiger partial charge in [-0.3, -0.25) is 0 Å². The lowest BCUT2D eigenvalue weighted by Crippen LogP contribution is -1.96. The maximum atomic E-state index is 10.3. The number of carbonyl (C=O) groups is 1. The van der Waals surface area contributed by atoms with E-state index in [4.69, 9.17) is 16.6 Å². The predicted octanol–water partition coefficient (Wildman–Crippen LogP) is 2.11. The molecule has 4 nitrogen and oxygen atoms in total. The highest BCUT2D eigenvalue weighted by molar-refractivity contribution is 5.88. The molecule has 94 valence electrons. The monoisotopic (exact) mass is 244 g/mol. The van der Waals surface area contributed by atoms with Crippen molar-refractivity contribution in [2.45, 2.75) is 6.54 Å². The Morgan fingerprint density at radius 1 is 1.06 bits per heavy atom. The Kier molecular flexibility index (Phi) is 5.41. The van der Waals surface area contributed by atoms with Gasteiger partial charge in [0.2, 0.25) is 0 Å². The molecule has 0 aliphatic rings. The van der Waals surface area contributed by atoms with Crippen LogP contribution in [0.25, 0.3) is 0 Å². The number of nitrogens with two attached hydrogens (primary N) is 2. The SMILES string of the molecule is NCc1ccccc1.Nc1cccc(C(=O)O)c1. The van der Waals surface area contributed by atoms with E-state index in [0.29, 0.717) is 12.2 Å². The third-order valence-electron chi connectivity index (χ3n) is 2.21. The quantitative estimate of drug-likeness (QED) is 0.706. The molecule has 5 N–H and O–H groups in total. The minimum atomic E-state index is -0.952. The molecule has 0 atom stereocenters. The summed E-state index contributed by atoms with van der Waals surface area (Å²) in [5, 5.41) is 8.45. The summed E-state index contributed by atoms with van der Waals surface area (Å²) < 4.78 is 0. The van der Waals surface area contributed by atoms with Crippen LogP contribution in [0.2, 0.25) is 0 Å². The Labute approximate surface area is 106 Å². The Hall–Kier alpha value is -2.33. The van der Waals surface area contributed by atoms with Crippen molar-refractivity contribution in [3.05, 3.63) is 65.7 Å². The average Bonchev–Trinajstić information content (AvgIpc) is 2.40. The van der Waals surface area contributed by atoms with Crippen molar-refractivity contribution < 1.29 is 9.90 Å². The Balaban J connectivity index is 0.000000184. The smallest absolute Gasteiger partial charge is 0.335 e. The van der Waals surface area contributed by atoms with Gasteiger partial charge in [0.1, 0.15) is 0 Å². The van der Waals surface area contributed by atoms with Crippen LogP contribution in [0, 0.1) is 0 Å². The first kappa shape index (κ1) is 13.7. The lowest BCUT2D eigenvalue weighted by Gasteiger charge is -1.93. The fourth-order valence-electron chi connectivity index (χ4n) is 1.29. The maximum Gasteiger partial charge on any atom is 0.335 e. The van der Waals surface area contributed by atoms with E-state index in [9.17, 15) is 4.79 Å². The molecule has 0 aliphatic carbocycles. The molecule has 0 aromatic heterocycles. The third kappa shape index (κ3) is 4.67.